The Kier molecular flexibility index (Phi) is 4.76. The van der Waals surface area contributed by atoms with Crippen molar-refractivity contribution in [1.29, 1.82) is 0 Å². The summed E-state index contributed by atoms with van der Waals surface area (Å²) in [5, 5.41) is 12.4. The minimum atomic E-state index is -0.884. The molecule has 92 valence electrons. The number of carboxylic acids is 1. The Morgan fingerprint density at radius 1 is 1.59 bits per heavy atom. The van der Waals surface area contributed by atoms with Crippen LogP contribution in [-0.2, 0) is 0 Å². The van der Waals surface area contributed by atoms with E-state index in [4.69, 9.17) is 5.11 Å². The lowest BCUT2D eigenvalue weighted by molar-refractivity contribution is 0.0696. The van der Waals surface area contributed by atoms with E-state index in [1.807, 2.05) is 19.1 Å². The Hall–Kier alpha value is -1.77. The van der Waals surface area contributed by atoms with Crippen molar-refractivity contribution >= 4 is 11.7 Å². The van der Waals surface area contributed by atoms with Gasteiger partial charge in [0.05, 0.1) is 5.56 Å². The summed E-state index contributed by atoms with van der Waals surface area (Å²) in [5.41, 5.74) is 2.03. The summed E-state index contributed by atoms with van der Waals surface area (Å²) >= 11 is 0. The largest absolute Gasteiger partial charge is 0.478 e. The predicted molar refractivity (Wildman–Crippen MR) is 70.7 cm³/mol. The molecule has 1 atom stereocenters. The van der Waals surface area contributed by atoms with E-state index in [0.29, 0.717) is 11.6 Å². The van der Waals surface area contributed by atoms with Crippen LogP contribution in [0.4, 0.5) is 5.69 Å². The highest BCUT2D eigenvalue weighted by molar-refractivity contribution is 5.91. The molecule has 0 aromatic heterocycles. The van der Waals surface area contributed by atoms with E-state index in [9.17, 15) is 4.79 Å². The van der Waals surface area contributed by atoms with Crippen LogP contribution >= 0.6 is 0 Å². The molecule has 0 amide bonds. The van der Waals surface area contributed by atoms with Gasteiger partial charge in [-0.15, -0.1) is 6.58 Å². The fourth-order valence-corrected chi connectivity index (χ4v) is 1.73. The quantitative estimate of drug-likeness (QED) is 0.740. The molecule has 1 unspecified atom stereocenters. The van der Waals surface area contributed by atoms with Crippen LogP contribution in [0.15, 0.2) is 30.9 Å². The summed E-state index contributed by atoms with van der Waals surface area (Å²) in [6.45, 7) is 7.59. The first-order valence-corrected chi connectivity index (χ1v) is 5.76. The van der Waals surface area contributed by atoms with E-state index >= 15 is 0 Å². The van der Waals surface area contributed by atoms with Gasteiger partial charge in [0.1, 0.15) is 0 Å². The topological polar surface area (TPSA) is 49.3 Å². The third kappa shape index (κ3) is 3.63. The second-order valence-corrected chi connectivity index (χ2v) is 4.19. The van der Waals surface area contributed by atoms with Gasteiger partial charge in [0.25, 0.3) is 0 Å². The smallest absolute Gasteiger partial charge is 0.336 e. The summed E-state index contributed by atoms with van der Waals surface area (Å²) in [7, 11) is 0. The number of aromatic carboxylic acids is 1. The van der Waals surface area contributed by atoms with Crippen LogP contribution in [0.2, 0.25) is 0 Å². The Bertz CT molecular complexity index is 413. The molecular weight excluding hydrogens is 214 g/mol. The zero-order valence-corrected chi connectivity index (χ0v) is 10.4. The molecule has 3 nitrogen and oxygen atoms in total. The number of carbonyl (C=O) groups is 1. The molecule has 1 aromatic rings. The minimum absolute atomic E-state index is 0.302. The second-order valence-electron chi connectivity index (χ2n) is 4.19. The molecule has 0 saturated heterocycles. The van der Waals surface area contributed by atoms with Crippen LogP contribution < -0.4 is 5.32 Å². The fraction of sp³-hybridized carbons (Fsp3) is 0.357. The SMILES string of the molecule is C=CCCC(C)Nc1cccc(C(=O)O)c1C. The average Bonchev–Trinajstić information content (AvgIpc) is 2.28. The number of anilines is 1. The van der Waals surface area contributed by atoms with Gasteiger partial charge in [0.15, 0.2) is 0 Å². The van der Waals surface area contributed by atoms with Crippen molar-refractivity contribution in [2.24, 2.45) is 0 Å². The van der Waals surface area contributed by atoms with Crippen LogP contribution in [0.3, 0.4) is 0 Å². The van der Waals surface area contributed by atoms with Gasteiger partial charge >= 0.3 is 5.97 Å². The van der Waals surface area contributed by atoms with Gasteiger partial charge in [-0.3, -0.25) is 0 Å². The lowest BCUT2D eigenvalue weighted by Gasteiger charge is -2.17. The molecule has 0 aliphatic heterocycles. The predicted octanol–water partition coefficient (Wildman–Crippen LogP) is 3.46. The lowest BCUT2D eigenvalue weighted by atomic mass is 10.1. The normalized spacial score (nSPS) is 11.9. The molecule has 0 saturated carbocycles. The average molecular weight is 233 g/mol. The summed E-state index contributed by atoms with van der Waals surface area (Å²) in [6, 6.07) is 5.60. The molecule has 1 rings (SSSR count). The van der Waals surface area contributed by atoms with Crippen molar-refractivity contribution in [2.45, 2.75) is 32.7 Å². The number of hydrogen-bond donors (Lipinski definition) is 2. The van der Waals surface area contributed by atoms with Crippen LogP contribution in [0.25, 0.3) is 0 Å². The molecule has 0 radical (unpaired) electrons. The monoisotopic (exact) mass is 233 g/mol. The van der Waals surface area contributed by atoms with Crippen molar-refractivity contribution in [2.75, 3.05) is 5.32 Å². The zero-order chi connectivity index (χ0) is 12.8. The molecule has 0 aliphatic carbocycles. The molecule has 1 aromatic carbocycles. The van der Waals surface area contributed by atoms with Crippen molar-refractivity contribution in [3.05, 3.63) is 42.0 Å². The Labute approximate surface area is 102 Å². The Balaban J connectivity index is 2.81. The highest BCUT2D eigenvalue weighted by atomic mass is 16.4. The van der Waals surface area contributed by atoms with E-state index in [1.54, 1.807) is 12.1 Å². The lowest BCUT2D eigenvalue weighted by Crippen LogP contribution is -2.16. The summed E-state index contributed by atoms with van der Waals surface area (Å²) in [6.07, 6.45) is 3.82. The summed E-state index contributed by atoms with van der Waals surface area (Å²) < 4.78 is 0. The Morgan fingerprint density at radius 2 is 2.29 bits per heavy atom. The molecular formula is C14H19NO2. The molecule has 0 spiro atoms. The van der Waals surface area contributed by atoms with Crippen LogP contribution in [0.1, 0.15) is 35.7 Å². The molecule has 0 aliphatic rings. The molecule has 17 heavy (non-hydrogen) atoms. The fourth-order valence-electron chi connectivity index (χ4n) is 1.73. The minimum Gasteiger partial charge on any atom is -0.478 e. The van der Waals surface area contributed by atoms with E-state index < -0.39 is 5.97 Å². The van der Waals surface area contributed by atoms with Crippen molar-refractivity contribution in [1.82, 2.24) is 0 Å². The highest BCUT2D eigenvalue weighted by Crippen LogP contribution is 2.20. The van der Waals surface area contributed by atoms with E-state index in [-0.39, 0.29) is 0 Å². The number of rotatable bonds is 6. The van der Waals surface area contributed by atoms with Gasteiger partial charge in [0.2, 0.25) is 0 Å². The highest BCUT2D eigenvalue weighted by Gasteiger charge is 2.11. The van der Waals surface area contributed by atoms with E-state index in [1.165, 1.54) is 0 Å². The van der Waals surface area contributed by atoms with Gasteiger partial charge < -0.3 is 10.4 Å². The maximum Gasteiger partial charge on any atom is 0.336 e. The number of allylic oxidation sites excluding steroid dienone is 1. The van der Waals surface area contributed by atoms with Crippen LogP contribution in [0.5, 0.6) is 0 Å². The van der Waals surface area contributed by atoms with Gasteiger partial charge in [-0.1, -0.05) is 12.1 Å². The Morgan fingerprint density at radius 3 is 2.88 bits per heavy atom. The number of benzene rings is 1. The summed E-state index contributed by atoms with van der Waals surface area (Å²) in [4.78, 5) is 11.0. The van der Waals surface area contributed by atoms with Gasteiger partial charge in [-0.2, -0.15) is 0 Å². The first kappa shape index (κ1) is 13.3. The van der Waals surface area contributed by atoms with E-state index in [0.717, 1.165) is 24.1 Å². The van der Waals surface area contributed by atoms with Crippen molar-refractivity contribution in [3.63, 3.8) is 0 Å². The number of nitrogens with one attached hydrogen (secondary N) is 1. The van der Waals surface area contributed by atoms with Crippen molar-refractivity contribution in [3.8, 4) is 0 Å². The second kappa shape index (κ2) is 6.09. The van der Waals surface area contributed by atoms with Crippen LogP contribution in [-0.4, -0.2) is 17.1 Å². The number of hydrogen-bond acceptors (Lipinski definition) is 2. The maximum absolute atomic E-state index is 11.0. The van der Waals surface area contributed by atoms with Crippen LogP contribution in [0, 0.1) is 6.92 Å². The number of carboxylic acid groups (broad SMARTS) is 1. The summed E-state index contributed by atoms with van der Waals surface area (Å²) in [5.74, 6) is -0.884. The molecule has 2 N–H and O–H groups in total. The standard InChI is InChI=1S/C14H19NO2/c1-4-5-7-10(2)15-13-9-6-8-12(11(13)3)14(16)17/h4,6,8-10,15H,1,5,7H2,2-3H3,(H,16,17). The first-order chi connectivity index (χ1) is 8.06. The van der Waals surface area contributed by atoms with Crippen molar-refractivity contribution < 1.29 is 9.90 Å². The third-order valence-electron chi connectivity index (χ3n) is 2.77. The van der Waals surface area contributed by atoms with E-state index in [2.05, 4.69) is 18.8 Å². The molecule has 0 bridgehead atoms. The maximum atomic E-state index is 11.0. The first-order valence-electron chi connectivity index (χ1n) is 5.76. The molecule has 0 fully saturated rings. The molecule has 3 heteroatoms. The van der Waals surface area contributed by atoms with Gasteiger partial charge in [0, 0.05) is 11.7 Å². The van der Waals surface area contributed by atoms with Gasteiger partial charge in [-0.05, 0) is 44.4 Å². The molecule has 0 heterocycles. The van der Waals surface area contributed by atoms with Gasteiger partial charge in [-0.25, -0.2) is 4.79 Å². The zero-order valence-electron chi connectivity index (χ0n) is 10.4. The third-order valence-corrected chi connectivity index (χ3v) is 2.77.